The zero-order valence-corrected chi connectivity index (χ0v) is 11.5. The minimum atomic E-state index is 0.250. The first kappa shape index (κ1) is 12.9. The molecule has 18 heavy (non-hydrogen) atoms. The molecular weight excluding hydrogens is 270 g/mol. The van der Waals surface area contributed by atoms with Gasteiger partial charge in [-0.15, -0.1) is 11.3 Å². The summed E-state index contributed by atoms with van der Waals surface area (Å²) in [4.78, 5) is 9.35. The van der Waals surface area contributed by atoms with E-state index in [1.807, 2.05) is 25.1 Å². The van der Waals surface area contributed by atoms with Crippen molar-refractivity contribution < 1.29 is 0 Å². The van der Waals surface area contributed by atoms with Crippen molar-refractivity contribution in [3.63, 3.8) is 0 Å². The molecule has 4 N–H and O–H groups in total. The van der Waals surface area contributed by atoms with E-state index in [4.69, 9.17) is 17.3 Å². The summed E-state index contributed by atoms with van der Waals surface area (Å²) >= 11 is 7.41. The molecule has 0 aliphatic heterocycles. The number of hydrogen-bond donors (Lipinski definition) is 3. The molecule has 2 heterocycles. The van der Waals surface area contributed by atoms with Gasteiger partial charge < -0.3 is 16.4 Å². The van der Waals surface area contributed by atoms with E-state index in [0.29, 0.717) is 12.4 Å². The molecule has 0 aliphatic carbocycles. The summed E-state index contributed by atoms with van der Waals surface area (Å²) in [5.41, 5.74) is 5.64. The number of halogens is 1. The van der Waals surface area contributed by atoms with Gasteiger partial charge in [0, 0.05) is 17.5 Å². The molecule has 2 aromatic heterocycles. The fraction of sp³-hybridized carbons (Fsp3) is 0.273. The van der Waals surface area contributed by atoms with Crippen LogP contribution in [0.25, 0.3) is 0 Å². The van der Waals surface area contributed by atoms with E-state index in [2.05, 4.69) is 20.6 Å². The fourth-order valence-corrected chi connectivity index (χ4v) is 2.48. The van der Waals surface area contributed by atoms with Crippen LogP contribution in [0.5, 0.6) is 0 Å². The Hall–Kier alpha value is -1.53. The standard InChI is InChI=1S/C11H14ClN5S/c1-2-14-9-5-10(17-11(13)16-9)15-6-7-3-4-8(12)18-7/h3-5H,2,6H2,1H3,(H4,13,14,15,16,17). The highest BCUT2D eigenvalue weighted by Crippen LogP contribution is 2.22. The molecule has 0 saturated heterocycles. The lowest BCUT2D eigenvalue weighted by Crippen LogP contribution is -2.07. The Labute approximate surface area is 114 Å². The van der Waals surface area contributed by atoms with Crippen molar-refractivity contribution in [1.82, 2.24) is 9.97 Å². The Morgan fingerprint density at radius 1 is 1.28 bits per heavy atom. The van der Waals surface area contributed by atoms with Gasteiger partial charge in [-0.25, -0.2) is 0 Å². The van der Waals surface area contributed by atoms with Crippen LogP contribution >= 0.6 is 22.9 Å². The number of thiophene rings is 1. The van der Waals surface area contributed by atoms with Gasteiger partial charge in [0.25, 0.3) is 0 Å². The third kappa shape index (κ3) is 3.48. The Kier molecular flexibility index (Phi) is 4.22. The summed E-state index contributed by atoms with van der Waals surface area (Å²) in [5.74, 6) is 1.67. The van der Waals surface area contributed by atoms with Crippen LogP contribution in [0, 0.1) is 0 Å². The number of nitrogen functional groups attached to an aromatic ring is 1. The Morgan fingerprint density at radius 2 is 2.00 bits per heavy atom. The van der Waals surface area contributed by atoms with E-state index in [-0.39, 0.29) is 5.95 Å². The average Bonchev–Trinajstić information content (AvgIpc) is 2.72. The highest BCUT2D eigenvalue weighted by molar-refractivity contribution is 7.16. The molecule has 0 bridgehead atoms. The smallest absolute Gasteiger partial charge is 0.223 e. The second kappa shape index (κ2) is 5.88. The first-order chi connectivity index (χ1) is 8.67. The highest BCUT2D eigenvalue weighted by Gasteiger charge is 2.03. The summed E-state index contributed by atoms with van der Waals surface area (Å²) in [5, 5.41) is 6.30. The van der Waals surface area contributed by atoms with Crippen molar-refractivity contribution in [2.24, 2.45) is 0 Å². The number of nitrogens with two attached hydrogens (primary N) is 1. The van der Waals surface area contributed by atoms with Gasteiger partial charge in [-0.05, 0) is 19.1 Å². The summed E-state index contributed by atoms with van der Waals surface area (Å²) in [6.07, 6.45) is 0. The lowest BCUT2D eigenvalue weighted by Gasteiger charge is -2.08. The van der Waals surface area contributed by atoms with Gasteiger partial charge in [0.1, 0.15) is 11.6 Å². The predicted molar refractivity (Wildman–Crippen MR) is 77.3 cm³/mol. The van der Waals surface area contributed by atoms with Crippen LogP contribution in [0.1, 0.15) is 11.8 Å². The predicted octanol–water partition coefficient (Wildman–Crippen LogP) is 2.82. The number of anilines is 3. The van der Waals surface area contributed by atoms with Gasteiger partial charge in [0.05, 0.1) is 10.9 Å². The molecule has 7 heteroatoms. The summed E-state index contributed by atoms with van der Waals surface area (Å²) in [7, 11) is 0. The highest BCUT2D eigenvalue weighted by atomic mass is 35.5. The molecule has 0 fully saturated rings. The minimum Gasteiger partial charge on any atom is -0.370 e. The second-order valence-electron chi connectivity index (χ2n) is 3.59. The van der Waals surface area contributed by atoms with E-state index in [1.54, 1.807) is 0 Å². The van der Waals surface area contributed by atoms with Crippen molar-refractivity contribution in [1.29, 1.82) is 0 Å². The molecular formula is C11H14ClN5S. The number of nitrogens with zero attached hydrogens (tertiary/aromatic N) is 2. The summed E-state index contributed by atoms with van der Waals surface area (Å²) < 4.78 is 0.780. The molecule has 5 nitrogen and oxygen atoms in total. The number of rotatable bonds is 5. The van der Waals surface area contributed by atoms with Crippen LogP contribution in [0.15, 0.2) is 18.2 Å². The molecule has 0 spiro atoms. The number of aromatic nitrogens is 2. The zero-order chi connectivity index (χ0) is 13.0. The maximum Gasteiger partial charge on any atom is 0.223 e. The Bertz CT molecular complexity index is 528. The minimum absolute atomic E-state index is 0.250. The first-order valence-electron chi connectivity index (χ1n) is 5.54. The Morgan fingerprint density at radius 3 is 2.61 bits per heavy atom. The molecule has 0 aromatic carbocycles. The van der Waals surface area contributed by atoms with E-state index >= 15 is 0 Å². The van der Waals surface area contributed by atoms with E-state index < -0.39 is 0 Å². The normalized spacial score (nSPS) is 10.3. The van der Waals surface area contributed by atoms with Crippen LogP contribution in [0.3, 0.4) is 0 Å². The third-order valence-corrected chi connectivity index (χ3v) is 3.41. The average molecular weight is 284 g/mol. The van der Waals surface area contributed by atoms with Gasteiger partial charge in [0.2, 0.25) is 5.95 Å². The molecule has 0 radical (unpaired) electrons. The monoisotopic (exact) mass is 283 g/mol. The molecule has 96 valence electrons. The molecule has 2 aromatic rings. The molecule has 0 atom stereocenters. The largest absolute Gasteiger partial charge is 0.370 e. The lowest BCUT2D eigenvalue weighted by atomic mass is 10.4. The third-order valence-electron chi connectivity index (χ3n) is 2.17. The maximum atomic E-state index is 5.87. The van der Waals surface area contributed by atoms with Gasteiger partial charge in [-0.3, -0.25) is 0 Å². The molecule has 0 saturated carbocycles. The van der Waals surface area contributed by atoms with E-state index in [0.717, 1.165) is 21.6 Å². The van der Waals surface area contributed by atoms with Crippen LogP contribution in [-0.2, 0) is 6.54 Å². The summed E-state index contributed by atoms with van der Waals surface area (Å²) in [6.45, 7) is 3.45. The van der Waals surface area contributed by atoms with Crippen LogP contribution in [0.2, 0.25) is 4.34 Å². The second-order valence-corrected chi connectivity index (χ2v) is 5.39. The molecule has 0 amide bonds. The van der Waals surface area contributed by atoms with Gasteiger partial charge in [-0.2, -0.15) is 9.97 Å². The van der Waals surface area contributed by atoms with Crippen LogP contribution < -0.4 is 16.4 Å². The van der Waals surface area contributed by atoms with Gasteiger partial charge in [-0.1, -0.05) is 11.6 Å². The quantitative estimate of drug-likeness (QED) is 0.787. The molecule has 0 unspecified atom stereocenters. The topological polar surface area (TPSA) is 75.9 Å². The maximum absolute atomic E-state index is 5.87. The van der Waals surface area contributed by atoms with Crippen molar-refractivity contribution in [3.05, 3.63) is 27.4 Å². The van der Waals surface area contributed by atoms with Crippen LogP contribution in [0.4, 0.5) is 17.6 Å². The fourth-order valence-electron chi connectivity index (χ4n) is 1.45. The van der Waals surface area contributed by atoms with Gasteiger partial charge >= 0.3 is 0 Å². The van der Waals surface area contributed by atoms with Crippen molar-refractivity contribution in [2.75, 3.05) is 22.9 Å². The lowest BCUT2D eigenvalue weighted by molar-refractivity contribution is 1.09. The Balaban J connectivity index is 2.04. The number of hydrogen-bond acceptors (Lipinski definition) is 6. The first-order valence-corrected chi connectivity index (χ1v) is 6.73. The van der Waals surface area contributed by atoms with Gasteiger partial charge in [0.15, 0.2) is 0 Å². The van der Waals surface area contributed by atoms with Crippen molar-refractivity contribution in [3.8, 4) is 0 Å². The summed E-state index contributed by atoms with van der Waals surface area (Å²) in [6, 6.07) is 5.69. The van der Waals surface area contributed by atoms with Crippen molar-refractivity contribution in [2.45, 2.75) is 13.5 Å². The molecule has 0 aliphatic rings. The van der Waals surface area contributed by atoms with E-state index in [9.17, 15) is 0 Å². The van der Waals surface area contributed by atoms with E-state index in [1.165, 1.54) is 11.3 Å². The SMILES string of the molecule is CCNc1cc(NCc2ccc(Cl)s2)nc(N)n1. The molecule has 2 rings (SSSR count). The van der Waals surface area contributed by atoms with Crippen molar-refractivity contribution >= 4 is 40.5 Å². The van der Waals surface area contributed by atoms with Crippen LogP contribution in [-0.4, -0.2) is 16.5 Å². The number of nitrogens with one attached hydrogen (secondary N) is 2. The zero-order valence-electron chi connectivity index (χ0n) is 9.90.